The topological polar surface area (TPSA) is 388 Å². The second-order valence-electron chi connectivity index (χ2n) is 11.9. The SMILES string of the molecule is CN=C([O-])C1=NN(c2cc(S(=O)(=O)[O-])ccc2S(=O)(=O)O)C(=O)C1=CC=C(C=Cc1c(C([O-])=NC)nn(-c2cc(S(=O)(=O)[O-])ccc2S(=O)(=O)O)c1[O-])N1CCCC1=O.[K+].[K+].[K+].[K+].[K+]. The van der Waals surface area contributed by atoms with Crippen molar-refractivity contribution in [2.24, 2.45) is 15.1 Å². The fraction of sp³-hybridized carbons (Fsp3) is 0.161. The van der Waals surface area contributed by atoms with Gasteiger partial charge in [0.25, 0.3) is 26.1 Å². The van der Waals surface area contributed by atoms with Crippen LogP contribution in [0.4, 0.5) is 5.69 Å². The molecular formula is C31H24K5N7O17S4. The van der Waals surface area contributed by atoms with Crippen LogP contribution in [0.5, 0.6) is 5.88 Å². The average molecular weight is 1090 g/mol. The molecule has 0 bridgehead atoms. The fourth-order valence-corrected chi connectivity index (χ4v) is 7.83. The van der Waals surface area contributed by atoms with Crippen LogP contribution in [0.25, 0.3) is 11.8 Å². The predicted molar refractivity (Wildman–Crippen MR) is 192 cm³/mol. The van der Waals surface area contributed by atoms with Gasteiger partial charge in [-0.3, -0.25) is 18.7 Å². The van der Waals surface area contributed by atoms with Crippen molar-refractivity contribution in [1.29, 1.82) is 0 Å². The molecule has 2 N–H and O–H groups in total. The molecule has 1 aromatic heterocycles. The minimum absolute atomic E-state index is 0. The summed E-state index contributed by atoms with van der Waals surface area (Å²) in [6.45, 7) is 0.0182. The van der Waals surface area contributed by atoms with Gasteiger partial charge in [-0.2, -0.15) is 32.0 Å². The van der Waals surface area contributed by atoms with Crippen molar-refractivity contribution >= 4 is 81.6 Å². The first-order valence-electron chi connectivity index (χ1n) is 15.9. The smallest absolute Gasteiger partial charge is 0.858 e. The Morgan fingerprint density at radius 1 is 0.781 bits per heavy atom. The molecule has 0 radical (unpaired) electrons. The number of benzene rings is 2. The van der Waals surface area contributed by atoms with Crippen molar-refractivity contribution < 1.29 is 334 Å². The van der Waals surface area contributed by atoms with Gasteiger partial charge >= 0.3 is 257 Å². The minimum Gasteiger partial charge on any atom is -0.858 e. The number of carbonyl (C=O) groups excluding carboxylic acids is 2. The predicted octanol–water partition coefficient (Wildman–Crippen LogP) is -17.8. The molecule has 0 saturated carbocycles. The largest absolute Gasteiger partial charge is 1.00 e. The number of hydrogen-bond donors (Lipinski definition) is 2. The molecule has 0 aliphatic carbocycles. The first kappa shape index (κ1) is 66.0. The Balaban J connectivity index is 0.00000794. The quantitative estimate of drug-likeness (QED) is 0.0425. The first-order chi connectivity index (χ1) is 27.3. The van der Waals surface area contributed by atoms with Gasteiger partial charge in [-0.1, -0.05) is 0 Å². The zero-order valence-electron chi connectivity index (χ0n) is 34.7. The van der Waals surface area contributed by atoms with E-state index in [-0.39, 0.29) is 292 Å². The normalized spacial score (nSPS) is 15.9. The van der Waals surface area contributed by atoms with E-state index in [1.807, 2.05) is 0 Å². The maximum absolute atomic E-state index is 13.8. The summed E-state index contributed by atoms with van der Waals surface area (Å²) in [5.74, 6) is -5.58. The van der Waals surface area contributed by atoms with Crippen molar-refractivity contribution in [1.82, 2.24) is 14.7 Å². The second-order valence-corrected chi connectivity index (χ2v) is 17.4. The Kier molecular flexibility index (Phi) is 27.5. The second kappa shape index (κ2) is 26.7. The number of aromatic nitrogens is 2. The van der Waals surface area contributed by atoms with Crippen LogP contribution in [-0.2, 0) is 50.1 Å². The molecule has 3 heterocycles. The summed E-state index contributed by atoms with van der Waals surface area (Å²) in [6, 6.07) is 2.87. The Labute approximate surface area is 578 Å². The van der Waals surface area contributed by atoms with E-state index < -0.39 is 123 Å². The van der Waals surface area contributed by atoms with Crippen LogP contribution in [0.3, 0.4) is 0 Å². The molecule has 0 atom stereocenters. The Morgan fingerprint density at radius 2 is 1.28 bits per heavy atom. The van der Waals surface area contributed by atoms with Crippen molar-refractivity contribution in [3.63, 3.8) is 0 Å². The van der Waals surface area contributed by atoms with E-state index in [1.165, 1.54) is 0 Å². The minimum atomic E-state index is -5.29. The summed E-state index contributed by atoms with van der Waals surface area (Å²) < 4.78 is 139. The number of anilines is 1. The third kappa shape index (κ3) is 15.5. The van der Waals surface area contributed by atoms with Crippen LogP contribution >= 0.6 is 0 Å². The molecule has 1 saturated heterocycles. The summed E-state index contributed by atoms with van der Waals surface area (Å²) in [7, 11) is -19.1. The van der Waals surface area contributed by atoms with Crippen molar-refractivity contribution in [3.05, 3.63) is 77.2 Å². The van der Waals surface area contributed by atoms with Crippen molar-refractivity contribution in [3.8, 4) is 11.6 Å². The van der Waals surface area contributed by atoms with Gasteiger partial charge in [-0.05, 0) is 73.0 Å². The summed E-state index contributed by atoms with van der Waals surface area (Å²) in [6.07, 6.45) is 4.10. The first-order valence-corrected chi connectivity index (χ1v) is 21.6. The van der Waals surface area contributed by atoms with Crippen molar-refractivity contribution in [2.75, 3.05) is 25.6 Å². The third-order valence-electron chi connectivity index (χ3n) is 8.24. The van der Waals surface area contributed by atoms with Gasteiger partial charge in [-0.15, -0.1) is 0 Å². The zero-order chi connectivity index (χ0) is 44.0. The summed E-state index contributed by atoms with van der Waals surface area (Å²) >= 11 is 0. The van der Waals surface area contributed by atoms with Crippen LogP contribution in [0, 0.1) is 0 Å². The summed E-state index contributed by atoms with van der Waals surface area (Å²) in [4.78, 5) is 30.3. The van der Waals surface area contributed by atoms with Crippen LogP contribution in [-0.4, -0.2) is 117 Å². The van der Waals surface area contributed by atoms with Crippen LogP contribution in [0.2, 0.25) is 0 Å². The van der Waals surface area contributed by atoms with Gasteiger partial charge in [0.2, 0.25) is 5.91 Å². The number of hydrazone groups is 1. The molecule has 3 aromatic rings. The molecule has 33 heteroatoms. The number of aliphatic imine (C=N–C) groups is 2. The summed E-state index contributed by atoms with van der Waals surface area (Å²) in [5, 5.41) is 47.2. The van der Waals surface area contributed by atoms with E-state index in [0.717, 1.165) is 43.3 Å². The average Bonchev–Trinajstić information content (AvgIpc) is 3.83. The summed E-state index contributed by atoms with van der Waals surface area (Å²) in [5.41, 5.74) is -5.00. The number of hydrogen-bond acceptors (Lipinski definition) is 19. The van der Waals surface area contributed by atoms with E-state index >= 15 is 0 Å². The van der Waals surface area contributed by atoms with Gasteiger partial charge in [0.15, 0.2) is 0 Å². The van der Waals surface area contributed by atoms with Gasteiger partial charge in [0.1, 0.15) is 41.4 Å². The molecule has 2 amide bonds. The molecule has 0 spiro atoms. The van der Waals surface area contributed by atoms with E-state index in [4.69, 9.17) is 0 Å². The maximum Gasteiger partial charge on any atom is 1.00 e. The molecular weight excluding hydrogens is 1070 g/mol. The zero-order valence-corrected chi connectivity index (χ0v) is 53.6. The van der Waals surface area contributed by atoms with Crippen molar-refractivity contribution in [2.45, 2.75) is 32.4 Å². The number of amides is 2. The van der Waals surface area contributed by atoms with E-state index in [9.17, 15) is 76.8 Å². The number of carbonyl (C=O) groups is 2. The van der Waals surface area contributed by atoms with E-state index in [0.29, 0.717) is 36.4 Å². The third-order valence-corrected chi connectivity index (χ3v) is 11.7. The molecule has 64 heavy (non-hydrogen) atoms. The van der Waals surface area contributed by atoms with E-state index in [2.05, 4.69) is 20.2 Å². The molecule has 24 nitrogen and oxygen atoms in total. The van der Waals surface area contributed by atoms with Gasteiger partial charge in [0.05, 0.1) is 26.7 Å². The molecule has 0 unspecified atom stereocenters. The standard InChI is InChI=1S/C31H29N7O17S4.5K/c1-32-28(40)26-19(30(42)37(34-26)21-14-17(56(44,45)46)7-11-23(21)58(50,51)52)9-5-16(36-13-3-4-25(36)39)6-10-20-27(29(41)33-2)35-38(31(20)43)22-15-18(57(47,48)49)8-12-24(22)59(53,54)55;;;;;/h5-12,14-15,42H,3-4,13H2,1-2H3,(H,32,40)(H,33,41)(H,44,45,46)(H,47,48,49)(H,50,51,52)(H,53,54,55);;;;;/q;5*+1/p-5. The molecule has 2 aliphatic rings. The Bertz CT molecular complexity index is 2990. The fourth-order valence-electron chi connectivity index (χ4n) is 5.55. The van der Waals surface area contributed by atoms with Crippen LogP contribution in [0.15, 0.2) is 101 Å². The van der Waals surface area contributed by atoms with Crippen LogP contribution < -0.4 is 277 Å². The number of nitrogens with zero attached hydrogens (tertiary/aromatic N) is 7. The molecule has 5 rings (SSSR count). The molecule has 2 aromatic carbocycles. The van der Waals surface area contributed by atoms with Crippen LogP contribution in [0.1, 0.15) is 24.1 Å². The Hall–Kier alpha value is 2.04. The molecule has 314 valence electrons. The maximum atomic E-state index is 13.8. The van der Waals surface area contributed by atoms with Gasteiger partial charge < -0.3 is 39.3 Å². The van der Waals surface area contributed by atoms with E-state index in [1.54, 1.807) is 0 Å². The molecule has 2 aliphatic heterocycles. The number of allylic oxidation sites excluding steroid dienone is 3. The molecule has 1 fully saturated rings. The van der Waals surface area contributed by atoms with Gasteiger partial charge in [-0.25, -0.2) is 21.5 Å². The number of likely N-dealkylation sites (tertiary alicyclic amines) is 1. The Morgan fingerprint density at radius 3 is 1.73 bits per heavy atom. The number of rotatable bonds is 12. The monoisotopic (exact) mass is 1090 g/mol. The van der Waals surface area contributed by atoms with Gasteiger partial charge in [0, 0.05) is 50.1 Å².